The van der Waals surface area contributed by atoms with E-state index >= 15 is 0 Å². The fraction of sp³-hybridized carbons (Fsp3) is 0.567. The third-order valence-corrected chi connectivity index (χ3v) is 8.32. The van der Waals surface area contributed by atoms with Crippen molar-refractivity contribution in [3.63, 3.8) is 0 Å². The summed E-state index contributed by atoms with van der Waals surface area (Å²) < 4.78 is 20.4. The van der Waals surface area contributed by atoms with Crippen LogP contribution < -0.4 is 4.74 Å². The number of hydrogen-bond donors (Lipinski definition) is 1. The zero-order chi connectivity index (χ0) is 24.2. The number of carbonyl (C=O) groups excluding carboxylic acids is 1. The molecule has 1 N–H and O–H groups in total. The lowest BCUT2D eigenvalue weighted by Crippen LogP contribution is -2.36. The molecule has 1 fully saturated rings. The maximum absolute atomic E-state index is 14.9. The molecule has 3 nitrogen and oxygen atoms in total. The first-order chi connectivity index (χ1) is 16.4. The van der Waals surface area contributed by atoms with Crippen LogP contribution in [-0.2, 0) is 17.6 Å². The van der Waals surface area contributed by atoms with Crippen LogP contribution in [0.4, 0.5) is 4.39 Å². The maximum atomic E-state index is 14.9. The molecule has 1 saturated carbocycles. The number of carbonyl (C=O) groups is 1. The van der Waals surface area contributed by atoms with Gasteiger partial charge in [0.25, 0.3) is 0 Å². The Morgan fingerprint density at radius 1 is 1.06 bits per heavy atom. The van der Waals surface area contributed by atoms with Gasteiger partial charge in [-0.25, -0.2) is 4.39 Å². The molecule has 2 aromatic carbocycles. The lowest BCUT2D eigenvalue weighted by molar-refractivity contribution is -0.143. The van der Waals surface area contributed by atoms with Gasteiger partial charge in [-0.05, 0) is 85.8 Å². The number of esters is 1. The normalized spacial score (nSPS) is 24.3. The zero-order valence-corrected chi connectivity index (χ0v) is 20.9. The van der Waals surface area contributed by atoms with E-state index in [2.05, 4.69) is 38.1 Å². The van der Waals surface area contributed by atoms with E-state index in [-0.39, 0.29) is 29.1 Å². The molecule has 1 aliphatic heterocycles. The van der Waals surface area contributed by atoms with Gasteiger partial charge in [-0.15, -0.1) is 0 Å². The molecular weight excluding hydrogens is 427 g/mol. The number of rotatable bonds is 8. The molecule has 1 aliphatic carbocycles. The molecule has 3 atom stereocenters. The van der Waals surface area contributed by atoms with Gasteiger partial charge in [-0.1, -0.05) is 63.6 Å². The largest absolute Gasteiger partial charge is 0.423 e. The molecule has 0 saturated heterocycles. The third kappa shape index (κ3) is 5.22. The van der Waals surface area contributed by atoms with E-state index in [1.165, 1.54) is 24.0 Å². The van der Waals surface area contributed by atoms with Crippen molar-refractivity contribution >= 4 is 5.97 Å². The summed E-state index contributed by atoms with van der Waals surface area (Å²) in [6.45, 7) is 6.36. The molecule has 0 amide bonds. The summed E-state index contributed by atoms with van der Waals surface area (Å²) in [4.78, 5) is 12.9. The number of aliphatic hydroxyl groups excluding tert-OH is 1. The lowest BCUT2D eigenvalue weighted by atomic mass is 9.69. The van der Waals surface area contributed by atoms with E-state index in [9.17, 15) is 14.3 Å². The Morgan fingerprint density at radius 3 is 2.41 bits per heavy atom. The summed E-state index contributed by atoms with van der Waals surface area (Å²) in [5.74, 6) is 0.340. The quantitative estimate of drug-likeness (QED) is 0.328. The summed E-state index contributed by atoms with van der Waals surface area (Å²) in [6.07, 6.45) is 7.90. The van der Waals surface area contributed by atoms with Crippen molar-refractivity contribution < 1.29 is 19.0 Å². The fourth-order valence-electron chi connectivity index (χ4n) is 5.90. The molecule has 4 heteroatoms. The van der Waals surface area contributed by atoms with E-state index in [0.29, 0.717) is 24.7 Å². The smallest absolute Gasteiger partial charge is 0.315 e. The van der Waals surface area contributed by atoms with Gasteiger partial charge in [0, 0.05) is 5.56 Å². The van der Waals surface area contributed by atoms with Crippen LogP contribution in [0, 0.1) is 23.6 Å². The number of aryl methyl sites for hydroxylation is 1. The Hall–Kier alpha value is -2.20. The van der Waals surface area contributed by atoms with E-state index in [1.54, 1.807) is 13.0 Å². The van der Waals surface area contributed by atoms with E-state index in [1.807, 2.05) is 6.07 Å². The van der Waals surface area contributed by atoms with Crippen molar-refractivity contribution in [1.29, 1.82) is 0 Å². The first-order valence-corrected chi connectivity index (χ1v) is 13.2. The van der Waals surface area contributed by atoms with E-state index in [4.69, 9.17) is 4.74 Å². The third-order valence-electron chi connectivity index (χ3n) is 8.32. The number of halogens is 1. The maximum Gasteiger partial charge on any atom is 0.315 e. The summed E-state index contributed by atoms with van der Waals surface area (Å²) in [5, 5.41) is 10.1. The van der Waals surface area contributed by atoms with Crippen molar-refractivity contribution in [2.24, 2.45) is 17.8 Å². The van der Waals surface area contributed by atoms with Gasteiger partial charge in [0.1, 0.15) is 0 Å². The molecule has 1 heterocycles. The van der Waals surface area contributed by atoms with Gasteiger partial charge in [0.15, 0.2) is 11.6 Å². The monoisotopic (exact) mass is 466 g/mol. The molecule has 0 aromatic heterocycles. The minimum Gasteiger partial charge on any atom is -0.423 e. The fourth-order valence-corrected chi connectivity index (χ4v) is 5.90. The topological polar surface area (TPSA) is 46.5 Å². The molecule has 0 bridgehead atoms. The predicted octanol–water partition coefficient (Wildman–Crippen LogP) is 7.30. The summed E-state index contributed by atoms with van der Waals surface area (Å²) in [6, 6.07) is 12.6. The number of benzene rings is 2. The first-order valence-electron chi connectivity index (χ1n) is 13.2. The number of ether oxygens (including phenoxy) is 1. The van der Waals surface area contributed by atoms with Gasteiger partial charge >= 0.3 is 5.97 Å². The van der Waals surface area contributed by atoms with Crippen molar-refractivity contribution in [3.8, 4) is 5.75 Å². The number of fused-ring (bicyclic) bond motifs is 1. The molecule has 34 heavy (non-hydrogen) atoms. The van der Waals surface area contributed by atoms with Crippen LogP contribution in [0.25, 0.3) is 0 Å². The molecular formula is C30H39FO3. The van der Waals surface area contributed by atoms with Gasteiger partial charge in [-0.2, -0.15) is 0 Å². The minimum absolute atomic E-state index is 0.0240. The Bertz CT molecular complexity index is 975. The van der Waals surface area contributed by atoms with Crippen molar-refractivity contribution in [2.75, 3.05) is 0 Å². The Kier molecular flexibility index (Phi) is 8.08. The highest BCUT2D eigenvalue weighted by molar-refractivity contribution is 5.78. The minimum atomic E-state index is -0.883. The van der Waals surface area contributed by atoms with Crippen LogP contribution in [0.5, 0.6) is 5.75 Å². The molecule has 0 radical (unpaired) electrons. The van der Waals surface area contributed by atoms with Gasteiger partial charge in [0.05, 0.1) is 12.0 Å². The van der Waals surface area contributed by atoms with Crippen LogP contribution in [0.3, 0.4) is 0 Å². The van der Waals surface area contributed by atoms with Crippen LogP contribution in [-0.4, -0.2) is 11.1 Å². The van der Waals surface area contributed by atoms with Crippen molar-refractivity contribution in [1.82, 2.24) is 0 Å². The van der Waals surface area contributed by atoms with E-state index in [0.717, 1.165) is 37.7 Å². The zero-order valence-electron chi connectivity index (χ0n) is 20.9. The van der Waals surface area contributed by atoms with Crippen LogP contribution in [0.2, 0.25) is 0 Å². The standard InChI is InChI=1S/C30H39FO3/c1-4-6-7-20-8-10-21(11-9-20)19(3)22-12-14-23(15-13-22)26-18-24-16-17-25(27(32)5-2)28(31)29(24)34-30(26)33/h8-11,16-17,19,22-23,26-27,32H,4-7,12-15,18H2,1-3H3. The van der Waals surface area contributed by atoms with Crippen molar-refractivity contribution in [2.45, 2.75) is 90.6 Å². The summed E-state index contributed by atoms with van der Waals surface area (Å²) in [5.41, 5.74) is 3.79. The molecule has 184 valence electrons. The second-order valence-electron chi connectivity index (χ2n) is 10.4. The van der Waals surface area contributed by atoms with Crippen LogP contribution >= 0.6 is 0 Å². The van der Waals surface area contributed by atoms with Crippen LogP contribution in [0.1, 0.15) is 100.0 Å². The average Bonchev–Trinajstić information content (AvgIpc) is 2.87. The SMILES string of the molecule is CCCCc1ccc(C(C)C2CCC(C3Cc4ccc(C(O)CC)c(F)c4OC3=O)CC2)cc1. The highest BCUT2D eigenvalue weighted by Crippen LogP contribution is 2.44. The van der Waals surface area contributed by atoms with Gasteiger partial charge < -0.3 is 9.84 Å². The van der Waals surface area contributed by atoms with Crippen LogP contribution in [0.15, 0.2) is 36.4 Å². The van der Waals surface area contributed by atoms with E-state index < -0.39 is 11.9 Å². The second kappa shape index (κ2) is 11.0. The van der Waals surface area contributed by atoms with Gasteiger partial charge in [0.2, 0.25) is 0 Å². The highest BCUT2D eigenvalue weighted by atomic mass is 19.1. The molecule has 4 rings (SSSR count). The van der Waals surface area contributed by atoms with Crippen molar-refractivity contribution in [3.05, 3.63) is 64.5 Å². The van der Waals surface area contributed by atoms with Gasteiger partial charge in [-0.3, -0.25) is 4.79 Å². The predicted molar refractivity (Wildman–Crippen MR) is 133 cm³/mol. The first kappa shape index (κ1) is 24.9. The summed E-state index contributed by atoms with van der Waals surface area (Å²) in [7, 11) is 0. The Labute approximate surface area is 203 Å². The Balaban J connectivity index is 1.37. The second-order valence-corrected chi connectivity index (χ2v) is 10.4. The summed E-state index contributed by atoms with van der Waals surface area (Å²) >= 11 is 0. The molecule has 3 unspecified atom stereocenters. The molecule has 0 spiro atoms. The average molecular weight is 467 g/mol. The number of hydrogen-bond acceptors (Lipinski definition) is 3. The molecule has 2 aliphatic rings. The number of aliphatic hydroxyl groups is 1. The highest BCUT2D eigenvalue weighted by Gasteiger charge is 2.39. The molecule has 2 aromatic rings. The lowest BCUT2D eigenvalue weighted by Gasteiger charge is -2.37. The number of unbranched alkanes of at least 4 members (excludes halogenated alkanes) is 1. The Morgan fingerprint density at radius 2 is 1.76 bits per heavy atom.